The van der Waals surface area contributed by atoms with Crippen LogP contribution in [-0.4, -0.2) is 23.6 Å². The van der Waals surface area contributed by atoms with Gasteiger partial charge in [0.2, 0.25) is 11.7 Å². The third-order valence-corrected chi connectivity index (χ3v) is 4.44. The Kier molecular flexibility index (Phi) is 3.89. The molecule has 5 nitrogen and oxygen atoms in total. The van der Waals surface area contributed by atoms with Crippen LogP contribution in [0.5, 0.6) is 5.75 Å². The molecule has 7 heteroatoms. The number of hydrogen-bond acceptors (Lipinski definition) is 5. The van der Waals surface area contributed by atoms with Gasteiger partial charge in [0.25, 0.3) is 0 Å². The van der Waals surface area contributed by atoms with Gasteiger partial charge in [0.1, 0.15) is 24.0 Å². The number of halogens is 2. The van der Waals surface area contributed by atoms with Crippen LogP contribution < -0.4 is 10.1 Å². The van der Waals surface area contributed by atoms with Crippen LogP contribution in [-0.2, 0) is 17.2 Å². The third-order valence-electron chi connectivity index (χ3n) is 4.44. The summed E-state index contributed by atoms with van der Waals surface area (Å²) in [5.41, 5.74) is 0.283. The molecular formula is C20H21F2N3O2. The summed E-state index contributed by atoms with van der Waals surface area (Å²) >= 11 is 0. The lowest BCUT2D eigenvalue weighted by Crippen LogP contribution is -2.46. The van der Waals surface area contributed by atoms with Gasteiger partial charge >= 0.3 is 0 Å². The van der Waals surface area contributed by atoms with Crippen LogP contribution >= 0.6 is 0 Å². The highest BCUT2D eigenvalue weighted by Gasteiger charge is 2.48. The largest absolute Gasteiger partial charge is 0.488 e. The molecule has 0 amide bonds. The predicted molar refractivity (Wildman–Crippen MR) is 97.1 cm³/mol. The average molecular weight is 373 g/mol. The van der Waals surface area contributed by atoms with E-state index in [1.807, 2.05) is 20.8 Å². The first-order chi connectivity index (χ1) is 12.7. The number of benzene rings is 2. The van der Waals surface area contributed by atoms with Crippen LogP contribution in [0.4, 0.5) is 8.78 Å². The highest BCUT2D eigenvalue weighted by Crippen LogP contribution is 2.47. The Morgan fingerprint density at radius 1 is 1.07 bits per heavy atom. The van der Waals surface area contributed by atoms with Crippen LogP contribution in [0.1, 0.15) is 37.5 Å². The van der Waals surface area contributed by atoms with Crippen LogP contribution in [0.15, 0.2) is 41.4 Å². The van der Waals surface area contributed by atoms with Crippen molar-refractivity contribution in [3.05, 3.63) is 64.7 Å². The summed E-state index contributed by atoms with van der Waals surface area (Å²) < 4.78 is 33.5. The van der Waals surface area contributed by atoms with Crippen LogP contribution in [0.3, 0.4) is 0 Å². The van der Waals surface area contributed by atoms with Gasteiger partial charge in [-0.2, -0.15) is 0 Å². The van der Waals surface area contributed by atoms with E-state index in [9.17, 15) is 8.78 Å². The average Bonchev–Trinajstić information content (AvgIpc) is 2.81. The first kappa shape index (κ1) is 17.7. The van der Waals surface area contributed by atoms with E-state index in [4.69, 9.17) is 14.6 Å². The molecule has 4 rings (SSSR count). The molecule has 0 saturated carbocycles. The fraction of sp³-hybridized carbons (Fsp3) is 0.350. The highest BCUT2D eigenvalue weighted by atomic mass is 19.1. The van der Waals surface area contributed by atoms with Gasteiger partial charge in [-0.25, -0.2) is 23.7 Å². The number of ether oxygens (including phenoxy) is 1. The molecule has 1 N–H and O–H groups in total. The minimum Gasteiger partial charge on any atom is -0.488 e. The van der Waals surface area contributed by atoms with E-state index >= 15 is 0 Å². The normalized spacial score (nSPS) is 21.3. The van der Waals surface area contributed by atoms with E-state index in [0.717, 1.165) is 0 Å². The minimum absolute atomic E-state index is 0.0932. The Bertz CT molecular complexity index is 884. The molecule has 2 aliphatic heterocycles. The lowest BCUT2D eigenvalue weighted by atomic mass is 9.91. The van der Waals surface area contributed by atoms with Crippen LogP contribution in [0.25, 0.3) is 0 Å². The first-order valence-corrected chi connectivity index (χ1v) is 8.71. The van der Waals surface area contributed by atoms with E-state index < -0.39 is 11.5 Å². The molecule has 142 valence electrons. The zero-order valence-electron chi connectivity index (χ0n) is 15.6. The number of nitrogens with zero attached hydrogens (tertiary/aromatic N) is 2. The van der Waals surface area contributed by atoms with Crippen molar-refractivity contribution in [1.29, 1.82) is 0 Å². The minimum atomic E-state index is -1.29. The number of fused-ring (bicyclic) bond motifs is 4. The predicted octanol–water partition coefficient (Wildman–Crippen LogP) is 3.68. The lowest BCUT2D eigenvalue weighted by Gasteiger charge is -2.28. The second-order valence-electron chi connectivity index (χ2n) is 7.77. The van der Waals surface area contributed by atoms with E-state index in [0.29, 0.717) is 28.4 Å². The van der Waals surface area contributed by atoms with E-state index in [1.54, 1.807) is 19.2 Å². The molecule has 0 bridgehead atoms. The Balaban J connectivity index is 1.96. The summed E-state index contributed by atoms with van der Waals surface area (Å²) in [5, 5.41) is 4.84. The van der Waals surface area contributed by atoms with Gasteiger partial charge in [-0.05, 0) is 45.0 Å². The van der Waals surface area contributed by atoms with Crippen LogP contribution in [0.2, 0.25) is 0 Å². The summed E-state index contributed by atoms with van der Waals surface area (Å²) in [5.74, 6) is 0.0353. The molecule has 1 atom stereocenters. The number of aliphatic imine (C=N–C) groups is 1. The number of nitrogens with one attached hydrogen (secondary N) is 1. The van der Waals surface area contributed by atoms with Crippen LogP contribution in [0, 0.1) is 11.6 Å². The zero-order chi connectivity index (χ0) is 19.4. The Labute approximate surface area is 156 Å². The molecule has 2 heterocycles. The van der Waals surface area contributed by atoms with Gasteiger partial charge in [-0.15, -0.1) is 0 Å². The van der Waals surface area contributed by atoms with Crippen molar-refractivity contribution >= 4 is 5.96 Å². The van der Waals surface area contributed by atoms with Crippen molar-refractivity contribution in [2.24, 2.45) is 4.99 Å². The quantitative estimate of drug-likeness (QED) is 0.765. The molecular weight excluding hydrogens is 352 g/mol. The summed E-state index contributed by atoms with van der Waals surface area (Å²) in [6.45, 7) is 6.13. The summed E-state index contributed by atoms with van der Waals surface area (Å²) in [6.07, 6.45) is 0. The molecule has 1 unspecified atom stereocenters. The number of hydrogen-bond donors (Lipinski definition) is 1. The molecule has 27 heavy (non-hydrogen) atoms. The smallest absolute Gasteiger partial charge is 0.243 e. The maximum atomic E-state index is 13.9. The molecule has 2 aromatic rings. The van der Waals surface area contributed by atoms with E-state index in [1.165, 1.54) is 29.3 Å². The van der Waals surface area contributed by atoms with Gasteiger partial charge in [0.05, 0.1) is 5.56 Å². The van der Waals surface area contributed by atoms with Gasteiger partial charge in [0.15, 0.2) is 0 Å². The molecule has 1 spiro atoms. The standard InChI is InChI=1S/C20H21F2N3O2/c1-19(2,3)23-18-24-20(27-25(18)4)15-7-5-13(21)9-12(15)11-26-17-10-14(22)6-8-16(17)20/h5-10H,11H2,1-4H3,(H,23,24). The first-order valence-electron chi connectivity index (χ1n) is 8.71. The summed E-state index contributed by atoms with van der Waals surface area (Å²) in [6, 6.07) is 8.64. The van der Waals surface area contributed by atoms with Gasteiger partial charge in [-0.1, -0.05) is 6.07 Å². The van der Waals surface area contributed by atoms with Gasteiger partial charge < -0.3 is 10.1 Å². The Hall–Kier alpha value is -2.67. The Morgan fingerprint density at radius 3 is 2.44 bits per heavy atom. The lowest BCUT2D eigenvalue weighted by molar-refractivity contribution is -0.153. The molecule has 0 aromatic heterocycles. The van der Waals surface area contributed by atoms with Crippen molar-refractivity contribution in [3.8, 4) is 5.75 Å². The second-order valence-corrected chi connectivity index (χ2v) is 7.77. The SMILES string of the molecule is CN1OC2(N=C1NC(C)(C)C)c1ccc(F)cc1COc1cc(F)ccc12. The van der Waals surface area contributed by atoms with Gasteiger partial charge in [0, 0.05) is 29.8 Å². The molecule has 2 aliphatic rings. The van der Waals surface area contributed by atoms with Crippen molar-refractivity contribution in [1.82, 2.24) is 10.4 Å². The molecule has 0 aliphatic carbocycles. The Morgan fingerprint density at radius 2 is 1.74 bits per heavy atom. The topological polar surface area (TPSA) is 46.1 Å². The third kappa shape index (κ3) is 3.02. The van der Waals surface area contributed by atoms with Gasteiger partial charge in [-0.3, -0.25) is 0 Å². The van der Waals surface area contributed by atoms with Crippen molar-refractivity contribution in [2.75, 3.05) is 7.05 Å². The summed E-state index contributed by atoms with van der Waals surface area (Å²) in [7, 11) is 1.74. The number of hydroxylamine groups is 2. The highest BCUT2D eigenvalue weighted by molar-refractivity contribution is 5.82. The van der Waals surface area contributed by atoms with E-state index in [2.05, 4.69) is 5.32 Å². The number of rotatable bonds is 0. The monoisotopic (exact) mass is 373 g/mol. The molecule has 0 saturated heterocycles. The maximum absolute atomic E-state index is 13.9. The second kappa shape index (κ2) is 5.92. The summed E-state index contributed by atoms with van der Waals surface area (Å²) in [4.78, 5) is 11.0. The molecule has 2 aromatic carbocycles. The van der Waals surface area contributed by atoms with Crippen molar-refractivity contribution < 1.29 is 18.4 Å². The maximum Gasteiger partial charge on any atom is 0.243 e. The van der Waals surface area contributed by atoms with Crippen molar-refractivity contribution in [3.63, 3.8) is 0 Å². The molecule has 0 fully saturated rings. The fourth-order valence-electron chi connectivity index (χ4n) is 3.35. The number of guanidine groups is 1. The molecule has 0 radical (unpaired) electrons. The zero-order valence-corrected chi connectivity index (χ0v) is 15.6. The van der Waals surface area contributed by atoms with E-state index in [-0.39, 0.29) is 18.0 Å². The van der Waals surface area contributed by atoms with Crippen molar-refractivity contribution in [2.45, 2.75) is 38.6 Å². The fourth-order valence-corrected chi connectivity index (χ4v) is 3.35.